The average Bonchev–Trinajstić information content (AvgIpc) is 2.70. The van der Waals surface area contributed by atoms with Gasteiger partial charge in [0.2, 0.25) is 0 Å². The quantitative estimate of drug-likeness (QED) is 0.205. The number of hydrogen-bond donors (Lipinski definition) is 1. The minimum atomic E-state index is 0.108. The van der Waals surface area contributed by atoms with Crippen molar-refractivity contribution in [2.75, 3.05) is 13.6 Å². The first-order chi connectivity index (χ1) is 13.8. The van der Waals surface area contributed by atoms with Crippen molar-refractivity contribution in [2.45, 2.75) is 58.9 Å². The van der Waals surface area contributed by atoms with E-state index in [0.717, 1.165) is 47.5 Å². The van der Waals surface area contributed by atoms with Crippen LogP contribution in [0.25, 0.3) is 11.6 Å². The van der Waals surface area contributed by atoms with E-state index in [0.29, 0.717) is 0 Å². The standard InChI is InChI=1S/C27H40N2/c1-9-11-14-20-29(8)24(7)27(19-18-21(3)4)28-23(6)22(5)26-17-13-12-16-25(26)15-10-2/h10,12-13,15-17,27-28H,3,5-7,9,11,14,18-20H2,1-2,4,8H3/b15-10-/t27-/m0/s1. The van der Waals surface area contributed by atoms with Gasteiger partial charge in [0.05, 0.1) is 6.04 Å². The van der Waals surface area contributed by atoms with Crippen LogP contribution >= 0.6 is 0 Å². The second-order valence-electron chi connectivity index (χ2n) is 7.86. The lowest BCUT2D eigenvalue weighted by atomic mass is 9.97. The summed E-state index contributed by atoms with van der Waals surface area (Å²) in [4.78, 5) is 2.27. The van der Waals surface area contributed by atoms with Crippen molar-refractivity contribution < 1.29 is 0 Å². The third-order valence-electron chi connectivity index (χ3n) is 5.19. The molecule has 29 heavy (non-hydrogen) atoms. The van der Waals surface area contributed by atoms with Crippen LogP contribution in [0.2, 0.25) is 0 Å². The molecule has 0 spiro atoms. The van der Waals surface area contributed by atoms with Gasteiger partial charge in [-0.1, -0.05) is 81.5 Å². The molecule has 0 radical (unpaired) electrons. The fraction of sp³-hybridized carbons (Fsp3) is 0.407. The lowest BCUT2D eigenvalue weighted by molar-refractivity contribution is 0.357. The molecule has 0 amide bonds. The number of likely N-dealkylation sites (N-methyl/N-ethyl adjacent to an activating group) is 1. The molecule has 0 aromatic heterocycles. The SMILES string of the molecule is C=C(C)CC[C@H](NC(=C)C(=C)c1ccccc1/C=C\C)C(=C)N(C)CCCCC. The van der Waals surface area contributed by atoms with Gasteiger partial charge in [0.25, 0.3) is 0 Å². The fourth-order valence-electron chi connectivity index (χ4n) is 3.28. The van der Waals surface area contributed by atoms with E-state index in [1.54, 1.807) is 0 Å². The molecular weight excluding hydrogens is 352 g/mol. The zero-order chi connectivity index (χ0) is 21.8. The lowest BCUT2D eigenvalue weighted by Gasteiger charge is -2.31. The van der Waals surface area contributed by atoms with Crippen molar-refractivity contribution in [3.05, 3.63) is 84.8 Å². The summed E-state index contributed by atoms with van der Waals surface area (Å²) in [5, 5.41) is 3.61. The second-order valence-corrected chi connectivity index (χ2v) is 7.86. The molecule has 1 aromatic carbocycles. The minimum Gasteiger partial charge on any atom is -0.377 e. The topological polar surface area (TPSA) is 15.3 Å². The molecule has 0 heterocycles. The number of benzene rings is 1. The molecule has 0 fully saturated rings. The number of nitrogens with one attached hydrogen (secondary N) is 1. The van der Waals surface area contributed by atoms with Crippen LogP contribution in [0.5, 0.6) is 0 Å². The van der Waals surface area contributed by atoms with Gasteiger partial charge < -0.3 is 10.2 Å². The predicted molar refractivity (Wildman–Crippen MR) is 132 cm³/mol. The van der Waals surface area contributed by atoms with Gasteiger partial charge in [-0.3, -0.25) is 0 Å². The van der Waals surface area contributed by atoms with Crippen LogP contribution in [-0.2, 0) is 0 Å². The summed E-state index contributed by atoms with van der Waals surface area (Å²) in [6, 6.07) is 8.40. The van der Waals surface area contributed by atoms with E-state index in [1.165, 1.54) is 24.8 Å². The van der Waals surface area contributed by atoms with Crippen LogP contribution in [0, 0.1) is 0 Å². The monoisotopic (exact) mass is 392 g/mol. The normalized spacial score (nSPS) is 11.9. The molecule has 0 saturated carbocycles. The van der Waals surface area contributed by atoms with Crippen molar-refractivity contribution in [2.24, 2.45) is 0 Å². The predicted octanol–water partition coefficient (Wildman–Crippen LogP) is 7.20. The van der Waals surface area contributed by atoms with Crippen molar-refractivity contribution >= 4 is 11.6 Å². The maximum Gasteiger partial charge on any atom is 0.0658 e. The molecule has 0 saturated heterocycles. The maximum absolute atomic E-state index is 4.40. The van der Waals surface area contributed by atoms with Crippen LogP contribution in [0.3, 0.4) is 0 Å². The summed E-state index contributed by atoms with van der Waals surface area (Å²) in [5.74, 6) is 0. The first-order valence-electron chi connectivity index (χ1n) is 10.7. The van der Waals surface area contributed by atoms with Gasteiger partial charge in [-0.25, -0.2) is 0 Å². The Labute approximate surface area is 179 Å². The average molecular weight is 393 g/mol. The number of rotatable bonds is 14. The van der Waals surface area contributed by atoms with E-state index >= 15 is 0 Å². The van der Waals surface area contributed by atoms with E-state index < -0.39 is 0 Å². The van der Waals surface area contributed by atoms with Crippen LogP contribution in [0.15, 0.2) is 73.6 Å². The Kier molecular flexibility index (Phi) is 10.9. The Bertz CT molecular complexity index is 739. The second kappa shape index (κ2) is 12.9. The summed E-state index contributed by atoms with van der Waals surface area (Å²) < 4.78 is 0. The summed E-state index contributed by atoms with van der Waals surface area (Å²) in [6.07, 6.45) is 9.69. The van der Waals surface area contributed by atoms with Gasteiger partial charge >= 0.3 is 0 Å². The van der Waals surface area contributed by atoms with E-state index in [9.17, 15) is 0 Å². The summed E-state index contributed by atoms with van der Waals surface area (Å²) >= 11 is 0. The Morgan fingerprint density at radius 2 is 1.83 bits per heavy atom. The minimum absolute atomic E-state index is 0.108. The molecule has 158 valence electrons. The molecule has 2 heteroatoms. The Morgan fingerprint density at radius 1 is 1.14 bits per heavy atom. The molecule has 0 aliphatic heterocycles. The number of unbranched alkanes of at least 4 members (excludes halogenated alkanes) is 2. The first-order valence-corrected chi connectivity index (χ1v) is 10.7. The third-order valence-corrected chi connectivity index (χ3v) is 5.19. The zero-order valence-corrected chi connectivity index (χ0v) is 19.1. The largest absolute Gasteiger partial charge is 0.377 e. The molecule has 0 bridgehead atoms. The van der Waals surface area contributed by atoms with Gasteiger partial charge in [-0.15, -0.1) is 6.58 Å². The molecule has 0 aliphatic carbocycles. The highest BCUT2D eigenvalue weighted by molar-refractivity contribution is 5.81. The van der Waals surface area contributed by atoms with E-state index in [-0.39, 0.29) is 6.04 Å². The van der Waals surface area contributed by atoms with Gasteiger partial charge in [0.15, 0.2) is 0 Å². The van der Waals surface area contributed by atoms with E-state index in [4.69, 9.17) is 0 Å². The molecule has 1 aromatic rings. The maximum atomic E-state index is 4.40. The van der Waals surface area contributed by atoms with Crippen molar-refractivity contribution in [3.8, 4) is 0 Å². The Morgan fingerprint density at radius 3 is 2.45 bits per heavy atom. The number of hydrogen-bond acceptors (Lipinski definition) is 2. The van der Waals surface area contributed by atoms with Crippen LogP contribution in [0.1, 0.15) is 64.0 Å². The molecular formula is C27H40N2. The summed E-state index contributed by atoms with van der Waals surface area (Å²) in [5.41, 5.74) is 6.29. The van der Waals surface area contributed by atoms with Gasteiger partial charge in [-0.2, -0.15) is 0 Å². The van der Waals surface area contributed by atoms with Crippen LogP contribution in [0.4, 0.5) is 0 Å². The molecule has 2 nitrogen and oxygen atoms in total. The smallest absolute Gasteiger partial charge is 0.0658 e. The van der Waals surface area contributed by atoms with Crippen molar-refractivity contribution in [1.82, 2.24) is 10.2 Å². The Hall–Kier alpha value is -2.48. The van der Waals surface area contributed by atoms with Gasteiger partial charge in [-0.05, 0) is 49.8 Å². The number of allylic oxidation sites excluding steroid dienone is 3. The van der Waals surface area contributed by atoms with Crippen LogP contribution in [-0.4, -0.2) is 24.5 Å². The summed E-state index contributed by atoms with van der Waals surface area (Å²) in [7, 11) is 2.13. The highest BCUT2D eigenvalue weighted by atomic mass is 15.1. The van der Waals surface area contributed by atoms with Crippen molar-refractivity contribution in [1.29, 1.82) is 0 Å². The van der Waals surface area contributed by atoms with Gasteiger partial charge in [0, 0.05) is 25.0 Å². The Balaban J connectivity index is 2.94. The van der Waals surface area contributed by atoms with Crippen molar-refractivity contribution in [3.63, 3.8) is 0 Å². The summed E-state index contributed by atoms with van der Waals surface area (Å²) in [6.45, 7) is 24.4. The molecule has 0 unspecified atom stereocenters. The number of nitrogens with zero attached hydrogens (tertiary/aromatic N) is 1. The van der Waals surface area contributed by atoms with Crippen LogP contribution < -0.4 is 5.32 Å². The van der Waals surface area contributed by atoms with Gasteiger partial charge in [0.1, 0.15) is 0 Å². The molecule has 1 rings (SSSR count). The highest BCUT2D eigenvalue weighted by Gasteiger charge is 2.18. The molecule has 1 atom stereocenters. The fourth-order valence-corrected chi connectivity index (χ4v) is 3.28. The lowest BCUT2D eigenvalue weighted by Crippen LogP contribution is -2.37. The van der Waals surface area contributed by atoms with E-state index in [1.807, 2.05) is 25.1 Å². The zero-order valence-electron chi connectivity index (χ0n) is 19.1. The third kappa shape index (κ3) is 8.19. The highest BCUT2D eigenvalue weighted by Crippen LogP contribution is 2.25. The molecule has 0 aliphatic rings. The first kappa shape index (κ1) is 24.6. The van der Waals surface area contributed by atoms with E-state index in [2.05, 4.69) is 75.6 Å². The molecule has 1 N–H and O–H groups in total.